The Labute approximate surface area is 173 Å². The minimum atomic E-state index is 0.632. The number of ether oxygens (including phenoxy) is 1. The van der Waals surface area contributed by atoms with E-state index in [4.69, 9.17) is 4.74 Å². The first-order valence-corrected chi connectivity index (χ1v) is 10.3. The van der Waals surface area contributed by atoms with Crippen molar-refractivity contribution in [2.45, 2.75) is 6.92 Å². The molecule has 0 radical (unpaired) electrons. The number of likely N-dealkylation sites (N-methyl/N-ethyl adjacent to an activating group) is 1. The first-order valence-electron chi connectivity index (χ1n) is 10.3. The van der Waals surface area contributed by atoms with E-state index in [1.54, 1.807) is 0 Å². The van der Waals surface area contributed by atoms with Gasteiger partial charge in [-0.05, 0) is 34.7 Å². The van der Waals surface area contributed by atoms with Crippen molar-refractivity contribution in [3.8, 4) is 0 Å². The van der Waals surface area contributed by atoms with Gasteiger partial charge >= 0.3 is 0 Å². The molecule has 4 rings (SSSR count). The lowest BCUT2D eigenvalue weighted by molar-refractivity contribution is 0.169. The Morgan fingerprint density at radius 1 is 0.759 bits per heavy atom. The van der Waals surface area contributed by atoms with Gasteiger partial charge < -0.3 is 9.64 Å². The van der Waals surface area contributed by atoms with Crippen LogP contribution in [0.25, 0.3) is 27.6 Å². The average Bonchev–Trinajstić information content (AvgIpc) is 2.79. The van der Waals surface area contributed by atoms with Crippen LogP contribution >= 0.6 is 0 Å². The lowest BCUT2D eigenvalue weighted by Crippen LogP contribution is -2.27. The molecule has 0 saturated carbocycles. The monoisotopic (exact) mass is 381 g/mol. The summed E-state index contributed by atoms with van der Waals surface area (Å²) in [7, 11) is 0. The molecule has 0 amide bonds. The van der Waals surface area contributed by atoms with E-state index in [0.29, 0.717) is 13.2 Å². The summed E-state index contributed by atoms with van der Waals surface area (Å²) in [5.74, 6) is 0. The van der Waals surface area contributed by atoms with Gasteiger partial charge in [0.05, 0.1) is 13.2 Å². The zero-order valence-corrected chi connectivity index (χ0v) is 16.9. The van der Waals surface area contributed by atoms with Crippen molar-refractivity contribution in [2.75, 3.05) is 31.2 Å². The largest absolute Gasteiger partial charge is 0.376 e. The summed E-state index contributed by atoms with van der Waals surface area (Å²) < 4.78 is 5.86. The standard InChI is InChI=1S/C27H27NO/c1-2-28(19-21-29-20-9-12-22-10-4-3-5-11-22)27-16-8-15-25-24-14-7-6-13-23(24)17-18-26(25)27/h3-18H,2,19-21H2,1H3. The van der Waals surface area contributed by atoms with Gasteiger partial charge in [-0.25, -0.2) is 0 Å². The van der Waals surface area contributed by atoms with Crippen LogP contribution in [0.15, 0.2) is 91.0 Å². The van der Waals surface area contributed by atoms with Crippen LogP contribution in [0, 0.1) is 0 Å². The van der Waals surface area contributed by atoms with Gasteiger partial charge in [0, 0.05) is 24.2 Å². The Balaban J connectivity index is 1.43. The molecule has 4 aromatic carbocycles. The topological polar surface area (TPSA) is 12.5 Å². The molecule has 0 unspecified atom stereocenters. The van der Waals surface area contributed by atoms with Crippen LogP contribution < -0.4 is 4.90 Å². The number of hydrogen-bond acceptors (Lipinski definition) is 2. The fourth-order valence-electron chi connectivity index (χ4n) is 3.82. The smallest absolute Gasteiger partial charge is 0.0651 e. The molecule has 0 heterocycles. The fourth-order valence-corrected chi connectivity index (χ4v) is 3.82. The Bertz CT molecular complexity index is 1100. The molecule has 0 N–H and O–H groups in total. The number of benzene rings is 4. The molecule has 29 heavy (non-hydrogen) atoms. The maximum atomic E-state index is 5.86. The van der Waals surface area contributed by atoms with E-state index in [-0.39, 0.29) is 0 Å². The molecule has 2 heteroatoms. The third kappa shape index (κ3) is 4.49. The number of hydrogen-bond donors (Lipinski definition) is 0. The van der Waals surface area contributed by atoms with Crippen molar-refractivity contribution in [1.82, 2.24) is 0 Å². The van der Waals surface area contributed by atoms with Crippen LogP contribution in [-0.2, 0) is 4.74 Å². The molecule has 0 saturated heterocycles. The van der Waals surface area contributed by atoms with Crippen LogP contribution in [0.5, 0.6) is 0 Å². The quantitative estimate of drug-likeness (QED) is 0.253. The minimum absolute atomic E-state index is 0.632. The normalized spacial score (nSPS) is 11.5. The lowest BCUT2D eigenvalue weighted by atomic mass is 10.0. The van der Waals surface area contributed by atoms with Crippen molar-refractivity contribution in [3.05, 3.63) is 96.6 Å². The SMILES string of the molecule is CCN(CCOCC=Cc1ccccc1)c1cccc2c1ccc1ccccc12. The van der Waals surface area contributed by atoms with Gasteiger partial charge in [-0.1, -0.05) is 91.0 Å². The van der Waals surface area contributed by atoms with Crippen molar-refractivity contribution >= 4 is 33.3 Å². The van der Waals surface area contributed by atoms with E-state index in [1.807, 2.05) is 18.2 Å². The molecule has 0 atom stereocenters. The van der Waals surface area contributed by atoms with Crippen molar-refractivity contribution in [2.24, 2.45) is 0 Å². The summed E-state index contributed by atoms with van der Waals surface area (Å²) in [6.07, 6.45) is 4.18. The van der Waals surface area contributed by atoms with E-state index >= 15 is 0 Å². The Kier molecular flexibility index (Phi) is 6.23. The maximum absolute atomic E-state index is 5.86. The molecule has 0 bridgehead atoms. The molecular formula is C27H27NO. The van der Waals surface area contributed by atoms with E-state index in [0.717, 1.165) is 13.1 Å². The molecule has 0 fully saturated rings. The molecule has 0 aliphatic carbocycles. The Morgan fingerprint density at radius 2 is 1.55 bits per heavy atom. The van der Waals surface area contributed by atoms with Crippen molar-refractivity contribution in [1.29, 1.82) is 0 Å². The molecule has 0 spiro atoms. The second-order valence-corrected chi connectivity index (χ2v) is 7.13. The zero-order valence-electron chi connectivity index (χ0n) is 16.9. The summed E-state index contributed by atoms with van der Waals surface area (Å²) in [5, 5.41) is 5.21. The number of fused-ring (bicyclic) bond motifs is 3. The van der Waals surface area contributed by atoms with Gasteiger partial charge in [-0.3, -0.25) is 0 Å². The summed E-state index contributed by atoms with van der Waals surface area (Å²) in [5.41, 5.74) is 2.48. The third-order valence-electron chi connectivity index (χ3n) is 5.32. The third-order valence-corrected chi connectivity index (χ3v) is 5.32. The second kappa shape index (κ2) is 9.40. The van der Waals surface area contributed by atoms with Crippen molar-refractivity contribution in [3.63, 3.8) is 0 Å². The summed E-state index contributed by atoms with van der Waals surface area (Å²) in [6, 6.07) is 30.0. The van der Waals surface area contributed by atoms with Crippen LogP contribution in [0.3, 0.4) is 0 Å². The van der Waals surface area contributed by atoms with E-state index in [9.17, 15) is 0 Å². The van der Waals surface area contributed by atoms with E-state index in [1.165, 1.54) is 32.8 Å². The highest BCUT2D eigenvalue weighted by molar-refractivity contribution is 6.11. The second-order valence-electron chi connectivity index (χ2n) is 7.13. The van der Waals surface area contributed by atoms with Gasteiger partial charge in [0.1, 0.15) is 0 Å². The van der Waals surface area contributed by atoms with Crippen LogP contribution in [-0.4, -0.2) is 26.3 Å². The Morgan fingerprint density at radius 3 is 2.41 bits per heavy atom. The van der Waals surface area contributed by atoms with Crippen LogP contribution in [0.2, 0.25) is 0 Å². The first-order chi connectivity index (χ1) is 14.4. The molecular weight excluding hydrogens is 354 g/mol. The van der Waals surface area contributed by atoms with Crippen LogP contribution in [0.1, 0.15) is 12.5 Å². The average molecular weight is 382 g/mol. The van der Waals surface area contributed by atoms with Gasteiger partial charge in [-0.15, -0.1) is 0 Å². The van der Waals surface area contributed by atoms with Crippen LogP contribution in [0.4, 0.5) is 5.69 Å². The summed E-state index contributed by atoms with van der Waals surface area (Å²) >= 11 is 0. The molecule has 4 aromatic rings. The Hall–Kier alpha value is -3.10. The number of anilines is 1. The highest BCUT2D eigenvalue weighted by atomic mass is 16.5. The predicted molar refractivity (Wildman–Crippen MR) is 126 cm³/mol. The highest BCUT2D eigenvalue weighted by Crippen LogP contribution is 2.32. The highest BCUT2D eigenvalue weighted by Gasteiger charge is 2.10. The minimum Gasteiger partial charge on any atom is -0.376 e. The first kappa shape index (κ1) is 19.2. The number of rotatable bonds is 8. The van der Waals surface area contributed by atoms with Gasteiger partial charge in [-0.2, -0.15) is 0 Å². The number of nitrogens with zero attached hydrogens (tertiary/aromatic N) is 1. The van der Waals surface area contributed by atoms with Crippen molar-refractivity contribution < 1.29 is 4.74 Å². The van der Waals surface area contributed by atoms with E-state index < -0.39 is 0 Å². The summed E-state index contributed by atoms with van der Waals surface area (Å²) in [6.45, 7) is 5.37. The zero-order chi connectivity index (χ0) is 19.9. The molecule has 0 aliphatic heterocycles. The lowest BCUT2D eigenvalue weighted by Gasteiger charge is -2.25. The molecule has 0 aliphatic rings. The predicted octanol–water partition coefficient (Wildman–Crippen LogP) is 6.55. The van der Waals surface area contributed by atoms with Gasteiger partial charge in [0.15, 0.2) is 0 Å². The molecule has 2 nitrogen and oxygen atoms in total. The van der Waals surface area contributed by atoms with E-state index in [2.05, 4.69) is 90.7 Å². The maximum Gasteiger partial charge on any atom is 0.0651 e. The fraction of sp³-hybridized carbons (Fsp3) is 0.185. The van der Waals surface area contributed by atoms with Gasteiger partial charge in [0.25, 0.3) is 0 Å². The molecule has 146 valence electrons. The van der Waals surface area contributed by atoms with Gasteiger partial charge in [0.2, 0.25) is 0 Å². The summed E-state index contributed by atoms with van der Waals surface area (Å²) in [4.78, 5) is 2.40. The molecule has 0 aromatic heterocycles.